The summed E-state index contributed by atoms with van der Waals surface area (Å²) in [5, 5.41) is 0.771. The first-order valence-electron chi connectivity index (χ1n) is 12.0. The van der Waals surface area contributed by atoms with Gasteiger partial charge in [-0.15, -0.1) is 0 Å². The van der Waals surface area contributed by atoms with Gasteiger partial charge in [-0.25, -0.2) is 0 Å². The van der Waals surface area contributed by atoms with E-state index in [1.165, 1.54) is 24.9 Å². The van der Waals surface area contributed by atoms with E-state index in [0.717, 1.165) is 44.2 Å². The summed E-state index contributed by atoms with van der Waals surface area (Å²) in [7, 11) is 0. The molecule has 3 heterocycles. The number of fused-ring (bicyclic) bond motifs is 2. The van der Waals surface area contributed by atoms with E-state index in [4.69, 9.17) is 21.1 Å². The number of anilines is 1. The van der Waals surface area contributed by atoms with Crippen molar-refractivity contribution in [2.45, 2.75) is 57.3 Å². The SMILES string of the molecule is CC1CCCC2(C)CC3OC(=O)C(CN4CCN(c5ccc(Cl)cc5)CC4)C3C3OC132. The Kier molecular flexibility index (Phi) is 4.65. The second kappa shape index (κ2) is 7.10. The Morgan fingerprint density at radius 3 is 2.65 bits per heavy atom. The van der Waals surface area contributed by atoms with Gasteiger partial charge in [0.1, 0.15) is 11.7 Å². The van der Waals surface area contributed by atoms with E-state index >= 15 is 0 Å². The molecule has 6 rings (SSSR count). The zero-order valence-electron chi connectivity index (χ0n) is 18.6. The minimum absolute atomic E-state index is 0.00801. The smallest absolute Gasteiger partial charge is 0.311 e. The zero-order chi connectivity index (χ0) is 21.4. The molecule has 1 aromatic rings. The van der Waals surface area contributed by atoms with E-state index in [9.17, 15) is 4.79 Å². The average Bonchev–Trinajstić information content (AvgIpc) is 3.44. The molecule has 0 amide bonds. The lowest BCUT2D eigenvalue weighted by molar-refractivity contribution is -0.146. The van der Waals surface area contributed by atoms with Crippen molar-refractivity contribution in [1.82, 2.24) is 4.90 Å². The van der Waals surface area contributed by atoms with Crippen LogP contribution < -0.4 is 4.90 Å². The van der Waals surface area contributed by atoms with Crippen molar-refractivity contribution in [3.63, 3.8) is 0 Å². The molecule has 7 atom stereocenters. The highest BCUT2D eigenvalue weighted by molar-refractivity contribution is 6.30. The van der Waals surface area contributed by atoms with Crippen LogP contribution in [-0.4, -0.2) is 61.4 Å². The topological polar surface area (TPSA) is 45.3 Å². The lowest BCUT2D eigenvalue weighted by Gasteiger charge is -2.49. The molecular weight excluding hydrogens is 412 g/mol. The van der Waals surface area contributed by atoms with E-state index in [1.54, 1.807) is 0 Å². The van der Waals surface area contributed by atoms with Gasteiger partial charge in [0.2, 0.25) is 0 Å². The molecule has 1 aromatic carbocycles. The van der Waals surface area contributed by atoms with Crippen molar-refractivity contribution in [1.29, 1.82) is 0 Å². The lowest BCUT2D eigenvalue weighted by Crippen LogP contribution is -2.55. The van der Waals surface area contributed by atoms with Gasteiger partial charge in [-0.3, -0.25) is 9.69 Å². The molecule has 31 heavy (non-hydrogen) atoms. The number of halogens is 1. The molecule has 0 N–H and O–H groups in total. The van der Waals surface area contributed by atoms with Crippen LogP contribution in [0.1, 0.15) is 39.5 Å². The Bertz CT molecular complexity index is 870. The number of esters is 1. The number of rotatable bonds is 3. The number of hydrogen-bond acceptors (Lipinski definition) is 5. The summed E-state index contributed by atoms with van der Waals surface area (Å²) < 4.78 is 12.6. The van der Waals surface area contributed by atoms with E-state index in [0.29, 0.717) is 5.92 Å². The first-order valence-corrected chi connectivity index (χ1v) is 12.4. The van der Waals surface area contributed by atoms with Crippen LogP contribution >= 0.6 is 11.6 Å². The standard InChI is InChI=1S/C25H33ClN2O3/c1-16-4-3-9-24(2)14-20-21(22-25(16,24)31-22)19(23(29)30-20)15-27-10-12-28(13-11-27)18-7-5-17(26)6-8-18/h5-8,16,19-22H,3-4,9-15H2,1-2H3. The van der Waals surface area contributed by atoms with Gasteiger partial charge < -0.3 is 14.4 Å². The number of benzene rings is 1. The molecule has 0 radical (unpaired) electrons. The molecular formula is C25H33ClN2O3. The monoisotopic (exact) mass is 444 g/mol. The fourth-order valence-electron chi connectivity index (χ4n) is 7.56. The molecule has 3 saturated heterocycles. The van der Waals surface area contributed by atoms with Crippen LogP contribution in [0, 0.1) is 23.2 Å². The molecule has 5 aliphatic rings. The molecule has 3 aliphatic heterocycles. The summed E-state index contributed by atoms with van der Waals surface area (Å²) in [5.41, 5.74) is 1.37. The van der Waals surface area contributed by atoms with Crippen molar-refractivity contribution < 1.29 is 14.3 Å². The van der Waals surface area contributed by atoms with Crippen LogP contribution in [0.3, 0.4) is 0 Å². The number of piperazine rings is 1. The molecule has 6 heteroatoms. The maximum atomic E-state index is 13.0. The molecule has 0 aromatic heterocycles. The average molecular weight is 445 g/mol. The first-order chi connectivity index (χ1) is 14.9. The van der Waals surface area contributed by atoms with Gasteiger partial charge in [0, 0.05) is 54.8 Å². The van der Waals surface area contributed by atoms with Gasteiger partial charge in [0.15, 0.2) is 0 Å². The number of epoxide rings is 1. The molecule has 2 aliphatic carbocycles. The Hall–Kier alpha value is -1.30. The molecule has 168 valence electrons. The summed E-state index contributed by atoms with van der Waals surface area (Å²) in [6.45, 7) is 9.42. The quantitative estimate of drug-likeness (QED) is 0.521. The maximum absolute atomic E-state index is 13.0. The summed E-state index contributed by atoms with van der Waals surface area (Å²) in [6, 6.07) is 8.08. The van der Waals surface area contributed by atoms with Gasteiger partial charge >= 0.3 is 5.97 Å². The summed E-state index contributed by atoms with van der Waals surface area (Å²) in [6.07, 6.45) is 4.94. The van der Waals surface area contributed by atoms with Gasteiger partial charge in [0.05, 0.1) is 12.0 Å². The normalized spacial score (nSPS) is 44.3. The van der Waals surface area contributed by atoms with Gasteiger partial charge in [0.25, 0.3) is 0 Å². The van der Waals surface area contributed by atoms with E-state index in [1.807, 2.05) is 12.1 Å². The fraction of sp³-hybridized carbons (Fsp3) is 0.720. The Morgan fingerprint density at radius 1 is 1.16 bits per heavy atom. The highest BCUT2D eigenvalue weighted by Crippen LogP contribution is 2.70. The molecule has 1 spiro atoms. The van der Waals surface area contributed by atoms with Crippen LogP contribution in [0.4, 0.5) is 5.69 Å². The third-order valence-electron chi connectivity index (χ3n) is 9.21. The van der Waals surface area contributed by atoms with Crippen molar-refractivity contribution in [3.05, 3.63) is 29.3 Å². The van der Waals surface area contributed by atoms with Gasteiger partial charge in [-0.2, -0.15) is 0 Å². The largest absolute Gasteiger partial charge is 0.462 e. The van der Waals surface area contributed by atoms with Gasteiger partial charge in [-0.1, -0.05) is 31.9 Å². The number of carbonyl (C=O) groups excluding carboxylic acids is 1. The molecule has 5 fully saturated rings. The second-order valence-corrected chi connectivity index (χ2v) is 11.2. The number of nitrogens with zero attached hydrogens (tertiary/aromatic N) is 2. The Balaban J connectivity index is 1.14. The van der Waals surface area contributed by atoms with Crippen LogP contribution in [0.2, 0.25) is 5.02 Å². The van der Waals surface area contributed by atoms with Crippen LogP contribution in [0.15, 0.2) is 24.3 Å². The Labute approximate surface area is 190 Å². The van der Waals surface area contributed by atoms with Crippen molar-refractivity contribution in [3.8, 4) is 0 Å². The van der Waals surface area contributed by atoms with E-state index in [2.05, 4.69) is 35.8 Å². The van der Waals surface area contributed by atoms with Crippen LogP contribution in [0.5, 0.6) is 0 Å². The molecule has 2 saturated carbocycles. The third kappa shape index (κ3) is 2.99. The number of hydrogen-bond donors (Lipinski definition) is 0. The number of carbonyl (C=O) groups is 1. The lowest BCUT2D eigenvalue weighted by atomic mass is 9.53. The van der Waals surface area contributed by atoms with Crippen molar-refractivity contribution in [2.24, 2.45) is 23.2 Å². The zero-order valence-corrected chi connectivity index (χ0v) is 19.3. The van der Waals surface area contributed by atoms with Crippen LogP contribution in [0.25, 0.3) is 0 Å². The van der Waals surface area contributed by atoms with E-state index < -0.39 is 0 Å². The van der Waals surface area contributed by atoms with Gasteiger partial charge in [-0.05, 0) is 49.4 Å². The maximum Gasteiger partial charge on any atom is 0.311 e. The third-order valence-corrected chi connectivity index (χ3v) is 9.46. The second-order valence-electron chi connectivity index (χ2n) is 10.8. The van der Waals surface area contributed by atoms with Crippen molar-refractivity contribution in [2.75, 3.05) is 37.6 Å². The number of ether oxygens (including phenoxy) is 2. The fourth-order valence-corrected chi connectivity index (χ4v) is 7.69. The summed E-state index contributed by atoms with van der Waals surface area (Å²) >= 11 is 6.03. The summed E-state index contributed by atoms with van der Waals surface area (Å²) in [5.74, 6) is 0.776. The predicted molar refractivity (Wildman–Crippen MR) is 120 cm³/mol. The minimum Gasteiger partial charge on any atom is -0.462 e. The molecule has 7 unspecified atom stereocenters. The highest BCUT2D eigenvalue weighted by atomic mass is 35.5. The van der Waals surface area contributed by atoms with Crippen LogP contribution in [-0.2, 0) is 14.3 Å². The highest BCUT2D eigenvalue weighted by Gasteiger charge is 2.78. The van der Waals surface area contributed by atoms with E-state index in [-0.39, 0.29) is 41.0 Å². The summed E-state index contributed by atoms with van der Waals surface area (Å²) in [4.78, 5) is 17.8. The predicted octanol–water partition coefficient (Wildman–Crippen LogP) is 3.99. The Morgan fingerprint density at radius 2 is 1.90 bits per heavy atom. The minimum atomic E-state index is -0.0462. The van der Waals surface area contributed by atoms with Crippen molar-refractivity contribution >= 4 is 23.3 Å². The molecule has 0 bridgehead atoms. The molecule has 5 nitrogen and oxygen atoms in total. The first kappa shape index (κ1) is 20.3.